The second-order valence-electron chi connectivity index (χ2n) is 7.07. The van der Waals surface area contributed by atoms with Gasteiger partial charge in [0.25, 0.3) is 5.91 Å². The van der Waals surface area contributed by atoms with Gasteiger partial charge < -0.3 is 19.5 Å². The molecule has 0 radical (unpaired) electrons. The van der Waals surface area contributed by atoms with Gasteiger partial charge in [0, 0.05) is 18.3 Å². The highest BCUT2D eigenvalue weighted by molar-refractivity contribution is 5.98. The molecule has 0 saturated heterocycles. The minimum absolute atomic E-state index is 0.166. The van der Waals surface area contributed by atoms with Crippen LogP contribution in [0, 0.1) is 13.8 Å². The van der Waals surface area contributed by atoms with E-state index < -0.39 is 18.5 Å². The minimum Gasteiger partial charge on any atom is -0.452 e. The fourth-order valence-corrected chi connectivity index (χ4v) is 2.86. The number of hydrogen-bond donors (Lipinski definition) is 1. The molecule has 0 unspecified atom stereocenters. The van der Waals surface area contributed by atoms with E-state index in [-0.39, 0.29) is 18.0 Å². The number of nitrogens with one attached hydrogen (secondary N) is 1. The van der Waals surface area contributed by atoms with Crippen LogP contribution in [0.4, 0.5) is 5.69 Å². The second-order valence-corrected chi connectivity index (χ2v) is 7.07. The first-order valence-electron chi connectivity index (χ1n) is 9.64. The lowest BCUT2D eigenvalue weighted by molar-refractivity contribution is -0.136. The summed E-state index contributed by atoms with van der Waals surface area (Å²) >= 11 is 0. The number of carbonyl (C=O) groups excluding carboxylic acids is 3. The van der Waals surface area contributed by atoms with E-state index in [0.717, 1.165) is 5.56 Å². The summed E-state index contributed by atoms with van der Waals surface area (Å²) in [5.41, 5.74) is 2.92. The summed E-state index contributed by atoms with van der Waals surface area (Å²) in [5.74, 6) is -1.29. The molecule has 0 aliphatic heterocycles. The molecule has 8 nitrogen and oxygen atoms in total. The molecule has 1 aromatic heterocycles. The number of rotatable bonds is 7. The Bertz CT molecular complexity index is 1070. The van der Waals surface area contributed by atoms with Crippen LogP contribution in [-0.4, -0.2) is 48.0 Å². The molecule has 2 amide bonds. The van der Waals surface area contributed by atoms with Gasteiger partial charge in [-0.1, -0.05) is 53.2 Å². The van der Waals surface area contributed by atoms with Crippen molar-refractivity contribution < 1.29 is 23.6 Å². The van der Waals surface area contributed by atoms with E-state index in [1.807, 2.05) is 37.3 Å². The average molecular weight is 421 g/mol. The van der Waals surface area contributed by atoms with Gasteiger partial charge in [0.05, 0.1) is 6.54 Å². The number of aromatic nitrogens is 1. The summed E-state index contributed by atoms with van der Waals surface area (Å²) in [7, 11) is 1.46. The Labute approximate surface area is 179 Å². The number of amides is 2. The SMILES string of the molecule is Cc1ccc(NC(=O)CN(C)C(=O)COC(=O)c2c(-c3ccccc3)noc2C)cc1. The third-order valence-corrected chi connectivity index (χ3v) is 4.58. The molecule has 0 aliphatic carbocycles. The highest BCUT2D eigenvalue weighted by Crippen LogP contribution is 2.25. The maximum atomic E-state index is 12.6. The molecule has 160 valence electrons. The third-order valence-electron chi connectivity index (χ3n) is 4.58. The fourth-order valence-electron chi connectivity index (χ4n) is 2.86. The molecular formula is C23H23N3O5. The maximum Gasteiger partial charge on any atom is 0.344 e. The molecule has 0 atom stereocenters. The summed E-state index contributed by atoms with van der Waals surface area (Å²) in [6, 6.07) is 16.4. The first-order chi connectivity index (χ1) is 14.8. The Balaban J connectivity index is 1.55. The van der Waals surface area contributed by atoms with Crippen molar-refractivity contribution in [3.8, 4) is 11.3 Å². The van der Waals surface area contributed by atoms with Crippen LogP contribution in [0.15, 0.2) is 59.1 Å². The summed E-state index contributed by atoms with van der Waals surface area (Å²) in [5, 5.41) is 6.64. The molecule has 0 spiro atoms. The van der Waals surface area contributed by atoms with Gasteiger partial charge >= 0.3 is 5.97 Å². The van der Waals surface area contributed by atoms with Crippen LogP contribution in [0.25, 0.3) is 11.3 Å². The van der Waals surface area contributed by atoms with Crippen molar-refractivity contribution >= 4 is 23.5 Å². The van der Waals surface area contributed by atoms with Crippen LogP contribution >= 0.6 is 0 Å². The molecule has 31 heavy (non-hydrogen) atoms. The van der Waals surface area contributed by atoms with Crippen molar-refractivity contribution in [2.75, 3.05) is 25.5 Å². The van der Waals surface area contributed by atoms with E-state index in [1.165, 1.54) is 11.9 Å². The first-order valence-corrected chi connectivity index (χ1v) is 9.64. The van der Waals surface area contributed by atoms with Crippen LogP contribution in [0.2, 0.25) is 0 Å². The molecule has 3 rings (SSSR count). The lowest BCUT2D eigenvalue weighted by Crippen LogP contribution is -2.37. The monoisotopic (exact) mass is 421 g/mol. The topological polar surface area (TPSA) is 102 Å². The maximum absolute atomic E-state index is 12.6. The van der Waals surface area contributed by atoms with Crippen LogP contribution in [-0.2, 0) is 14.3 Å². The van der Waals surface area contributed by atoms with Gasteiger partial charge in [0.2, 0.25) is 5.91 Å². The Morgan fingerprint density at radius 2 is 1.71 bits per heavy atom. The average Bonchev–Trinajstić information content (AvgIpc) is 3.15. The van der Waals surface area contributed by atoms with Crippen molar-refractivity contribution in [1.82, 2.24) is 10.1 Å². The lowest BCUT2D eigenvalue weighted by Gasteiger charge is -2.17. The molecule has 0 aliphatic rings. The summed E-state index contributed by atoms with van der Waals surface area (Å²) in [4.78, 5) is 38.2. The predicted molar refractivity (Wildman–Crippen MR) is 114 cm³/mol. The van der Waals surface area contributed by atoms with Gasteiger partial charge in [-0.15, -0.1) is 0 Å². The minimum atomic E-state index is -0.719. The van der Waals surface area contributed by atoms with Crippen LogP contribution < -0.4 is 5.32 Å². The molecule has 3 aromatic rings. The number of nitrogens with zero attached hydrogens (tertiary/aromatic N) is 2. The van der Waals surface area contributed by atoms with Crippen molar-refractivity contribution in [3.63, 3.8) is 0 Å². The Hall–Kier alpha value is -3.94. The number of likely N-dealkylation sites (N-methyl/N-ethyl adjacent to an activating group) is 1. The Morgan fingerprint density at radius 3 is 2.39 bits per heavy atom. The van der Waals surface area contributed by atoms with E-state index >= 15 is 0 Å². The van der Waals surface area contributed by atoms with Gasteiger partial charge in [-0.3, -0.25) is 9.59 Å². The summed E-state index contributed by atoms with van der Waals surface area (Å²) in [6.45, 7) is 2.86. The quantitative estimate of drug-likeness (QED) is 0.588. The molecule has 0 fully saturated rings. The summed E-state index contributed by atoms with van der Waals surface area (Å²) < 4.78 is 10.3. The van der Waals surface area contributed by atoms with E-state index in [2.05, 4.69) is 10.5 Å². The number of carbonyl (C=O) groups is 3. The van der Waals surface area contributed by atoms with Gasteiger partial charge in [-0.05, 0) is 26.0 Å². The number of aryl methyl sites for hydroxylation is 2. The largest absolute Gasteiger partial charge is 0.452 e. The van der Waals surface area contributed by atoms with Crippen LogP contribution in [0.3, 0.4) is 0 Å². The van der Waals surface area contributed by atoms with Gasteiger partial charge in [-0.2, -0.15) is 0 Å². The molecule has 1 N–H and O–H groups in total. The van der Waals surface area contributed by atoms with Crippen molar-refractivity contribution in [2.45, 2.75) is 13.8 Å². The first kappa shape index (κ1) is 21.8. The summed E-state index contributed by atoms with van der Waals surface area (Å²) in [6.07, 6.45) is 0. The van der Waals surface area contributed by atoms with Crippen LogP contribution in [0.1, 0.15) is 21.7 Å². The molecule has 2 aromatic carbocycles. The molecule has 0 saturated carbocycles. The highest BCUT2D eigenvalue weighted by atomic mass is 16.5. The number of ether oxygens (including phenoxy) is 1. The van der Waals surface area contributed by atoms with Gasteiger partial charge in [0.15, 0.2) is 6.61 Å². The predicted octanol–water partition coefficient (Wildman–Crippen LogP) is 3.21. The third kappa shape index (κ3) is 5.57. The zero-order valence-electron chi connectivity index (χ0n) is 17.5. The van der Waals surface area contributed by atoms with Gasteiger partial charge in [-0.25, -0.2) is 4.79 Å². The fraction of sp³-hybridized carbons (Fsp3) is 0.217. The van der Waals surface area contributed by atoms with E-state index in [4.69, 9.17) is 9.26 Å². The van der Waals surface area contributed by atoms with Crippen molar-refractivity contribution in [2.24, 2.45) is 0 Å². The number of anilines is 1. The second kappa shape index (κ2) is 9.71. The lowest BCUT2D eigenvalue weighted by atomic mass is 10.1. The van der Waals surface area contributed by atoms with Crippen molar-refractivity contribution in [1.29, 1.82) is 0 Å². The standard InChI is InChI=1S/C23H23N3O5/c1-15-9-11-18(12-10-15)24-19(27)13-26(3)20(28)14-30-23(29)21-16(2)31-25-22(21)17-7-5-4-6-8-17/h4-12H,13-14H2,1-3H3,(H,24,27). The Kier molecular flexibility index (Phi) is 6.81. The van der Waals surface area contributed by atoms with Crippen LogP contribution in [0.5, 0.6) is 0 Å². The molecular weight excluding hydrogens is 398 g/mol. The van der Waals surface area contributed by atoms with E-state index in [0.29, 0.717) is 22.7 Å². The molecule has 8 heteroatoms. The smallest absolute Gasteiger partial charge is 0.344 e. The van der Waals surface area contributed by atoms with Crippen molar-refractivity contribution in [3.05, 3.63) is 71.5 Å². The highest BCUT2D eigenvalue weighted by Gasteiger charge is 2.24. The number of esters is 1. The number of benzene rings is 2. The zero-order valence-corrected chi connectivity index (χ0v) is 17.5. The number of hydrogen-bond acceptors (Lipinski definition) is 6. The molecule has 1 heterocycles. The Morgan fingerprint density at radius 1 is 1.03 bits per heavy atom. The zero-order chi connectivity index (χ0) is 22.4. The van der Waals surface area contributed by atoms with E-state index in [1.54, 1.807) is 31.2 Å². The molecule has 0 bridgehead atoms. The van der Waals surface area contributed by atoms with E-state index in [9.17, 15) is 14.4 Å². The normalized spacial score (nSPS) is 10.4. The van der Waals surface area contributed by atoms with Gasteiger partial charge in [0.1, 0.15) is 17.0 Å².